The summed E-state index contributed by atoms with van der Waals surface area (Å²) in [5.74, 6) is -0.0654. The molecule has 0 unspecified atom stereocenters. The van der Waals surface area contributed by atoms with Crippen LogP contribution in [0.5, 0.6) is 0 Å². The molecule has 2 N–H and O–H groups in total. The van der Waals surface area contributed by atoms with Gasteiger partial charge in [-0.05, 0) is 12.1 Å². The molecule has 1 aliphatic rings. The number of carbonyl (C=O) groups excluding carboxylic acids is 1. The smallest absolute Gasteiger partial charge is 0.256 e. The van der Waals surface area contributed by atoms with Crippen LogP contribution in [0.2, 0.25) is 5.02 Å². The number of rotatable bonds is 1. The monoisotopic (exact) mass is 279 g/mol. The average molecular weight is 280 g/mol. The van der Waals surface area contributed by atoms with Crippen LogP contribution < -0.4 is 5.73 Å². The van der Waals surface area contributed by atoms with Crippen molar-refractivity contribution in [3.05, 3.63) is 45.4 Å². The number of anilines is 1. The SMILES string of the molecule is Nc1nc2c(s1)CN(C(=O)c1ccccc1Cl)C2. The van der Waals surface area contributed by atoms with Crippen molar-refractivity contribution >= 4 is 34.0 Å². The van der Waals surface area contributed by atoms with Crippen molar-refractivity contribution in [1.82, 2.24) is 9.88 Å². The summed E-state index contributed by atoms with van der Waals surface area (Å²) in [6, 6.07) is 7.07. The molecule has 0 saturated carbocycles. The minimum Gasteiger partial charge on any atom is -0.375 e. The second-order valence-corrected chi connectivity index (χ2v) is 5.59. The number of hydrogen-bond acceptors (Lipinski definition) is 4. The van der Waals surface area contributed by atoms with Crippen molar-refractivity contribution in [2.75, 3.05) is 5.73 Å². The second kappa shape index (κ2) is 4.26. The second-order valence-electron chi connectivity index (χ2n) is 4.06. The molecule has 1 amide bonds. The van der Waals surface area contributed by atoms with E-state index < -0.39 is 0 Å². The minimum atomic E-state index is -0.0654. The van der Waals surface area contributed by atoms with Gasteiger partial charge in [-0.3, -0.25) is 4.79 Å². The molecule has 1 aliphatic heterocycles. The number of aromatic nitrogens is 1. The molecule has 0 atom stereocenters. The van der Waals surface area contributed by atoms with E-state index in [9.17, 15) is 4.79 Å². The van der Waals surface area contributed by atoms with Crippen LogP contribution in [0.1, 0.15) is 20.9 Å². The maximum absolute atomic E-state index is 12.3. The van der Waals surface area contributed by atoms with Gasteiger partial charge in [-0.25, -0.2) is 4.98 Å². The molecule has 0 radical (unpaired) electrons. The summed E-state index contributed by atoms with van der Waals surface area (Å²) < 4.78 is 0. The Morgan fingerprint density at radius 2 is 2.17 bits per heavy atom. The first-order chi connectivity index (χ1) is 8.65. The van der Waals surface area contributed by atoms with Crippen LogP contribution in [-0.4, -0.2) is 15.8 Å². The van der Waals surface area contributed by atoms with Crippen LogP contribution in [0, 0.1) is 0 Å². The van der Waals surface area contributed by atoms with Crippen LogP contribution in [0.15, 0.2) is 24.3 Å². The normalized spacial score (nSPS) is 13.7. The molecule has 1 aromatic carbocycles. The van der Waals surface area contributed by atoms with Crippen LogP contribution in [-0.2, 0) is 13.1 Å². The number of halogens is 1. The van der Waals surface area contributed by atoms with Crippen LogP contribution in [0.4, 0.5) is 5.13 Å². The lowest BCUT2D eigenvalue weighted by molar-refractivity contribution is 0.0751. The van der Waals surface area contributed by atoms with E-state index >= 15 is 0 Å². The molecule has 4 nitrogen and oxygen atoms in total. The highest BCUT2D eigenvalue weighted by Gasteiger charge is 2.28. The fourth-order valence-corrected chi connectivity index (χ4v) is 3.08. The van der Waals surface area contributed by atoms with Gasteiger partial charge >= 0.3 is 0 Å². The van der Waals surface area contributed by atoms with Gasteiger partial charge < -0.3 is 10.6 Å². The molecule has 92 valence electrons. The molecular weight excluding hydrogens is 270 g/mol. The predicted molar refractivity (Wildman–Crippen MR) is 71.6 cm³/mol. The Balaban J connectivity index is 1.84. The van der Waals surface area contributed by atoms with E-state index in [1.54, 1.807) is 23.1 Å². The van der Waals surface area contributed by atoms with Crippen molar-refractivity contribution in [2.45, 2.75) is 13.1 Å². The highest BCUT2D eigenvalue weighted by atomic mass is 35.5. The molecule has 2 aromatic rings. The number of nitrogen functional groups attached to an aromatic ring is 1. The summed E-state index contributed by atoms with van der Waals surface area (Å²) >= 11 is 7.46. The number of nitrogens with zero attached hydrogens (tertiary/aromatic N) is 2. The number of thiazole rings is 1. The third kappa shape index (κ3) is 1.85. The zero-order valence-electron chi connectivity index (χ0n) is 9.39. The Hall–Kier alpha value is -1.59. The molecule has 2 heterocycles. The fraction of sp³-hybridized carbons (Fsp3) is 0.167. The molecule has 0 aliphatic carbocycles. The third-order valence-electron chi connectivity index (χ3n) is 2.86. The highest BCUT2D eigenvalue weighted by molar-refractivity contribution is 7.15. The number of fused-ring (bicyclic) bond motifs is 1. The summed E-state index contributed by atoms with van der Waals surface area (Å²) in [5.41, 5.74) is 7.06. The van der Waals surface area contributed by atoms with Gasteiger partial charge in [0.1, 0.15) is 0 Å². The number of nitrogens with two attached hydrogens (primary N) is 1. The average Bonchev–Trinajstić information content (AvgIpc) is 2.85. The van der Waals surface area contributed by atoms with E-state index in [2.05, 4.69) is 4.98 Å². The summed E-state index contributed by atoms with van der Waals surface area (Å²) in [4.78, 5) is 19.3. The lowest BCUT2D eigenvalue weighted by Crippen LogP contribution is -2.25. The van der Waals surface area contributed by atoms with Gasteiger partial charge in [0, 0.05) is 0 Å². The maximum Gasteiger partial charge on any atom is 0.256 e. The molecule has 0 spiro atoms. The molecule has 0 saturated heterocycles. The maximum atomic E-state index is 12.3. The van der Waals surface area contributed by atoms with Gasteiger partial charge in [-0.1, -0.05) is 23.7 Å². The van der Waals surface area contributed by atoms with Gasteiger partial charge in [-0.2, -0.15) is 0 Å². The quantitative estimate of drug-likeness (QED) is 0.873. The van der Waals surface area contributed by atoms with Gasteiger partial charge in [0.25, 0.3) is 5.91 Å². The molecule has 18 heavy (non-hydrogen) atoms. The third-order valence-corrected chi connectivity index (χ3v) is 4.10. The first kappa shape index (κ1) is 11.5. The molecular formula is C12H10ClN3OS. The Morgan fingerprint density at radius 3 is 2.89 bits per heavy atom. The van der Waals surface area contributed by atoms with E-state index in [0.717, 1.165) is 10.6 Å². The first-order valence-corrected chi connectivity index (χ1v) is 6.62. The topological polar surface area (TPSA) is 59.2 Å². The summed E-state index contributed by atoms with van der Waals surface area (Å²) in [5, 5.41) is 1.04. The van der Waals surface area contributed by atoms with Crippen molar-refractivity contribution in [3.63, 3.8) is 0 Å². The van der Waals surface area contributed by atoms with Gasteiger partial charge in [0.05, 0.1) is 34.2 Å². The molecule has 3 rings (SSSR count). The minimum absolute atomic E-state index is 0.0654. The van der Waals surface area contributed by atoms with Crippen LogP contribution in [0.25, 0.3) is 0 Å². The zero-order chi connectivity index (χ0) is 12.7. The van der Waals surface area contributed by atoms with Crippen molar-refractivity contribution in [1.29, 1.82) is 0 Å². The predicted octanol–water partition coefficient (Wildman–Crippen LogP) is 2.53. The summed E-state index contributed by atoms with van der Waals surface area (Å²) in [6.45, 7) is 1.07. The Bertz CT molecular complexity index is 602. The van der Waals surface area contributed by atoms with E-state index in [4.69, 9.17) is 17.3 Å². The van der Waals surface area contributed by atoms with E-state index in [1.807, 2.05) is 6.07 Å². The standard InChI is InChI=1S/C12H10ClN3OS/c13-8-4-2-1-3-7(8)11(17)16-5-9-10(6-16)18-12(14)15-9/h1-4H,5-6H2,(H2,14,15). The van der Waals surface area contributed by atoms with Gasteiger partial charge in [0.2, 0.25) is 0 Å². The lowest BCUT2D eigenvalue weighted by atomic mass is 10.2. The molecule has 0 bridgehead atoms. The Labute approximate surface area is 113 Å². The number of amides is 1. The van der Waals surface area contributed by atoms with E-state index in [1.165, 1.54) is 11.3 Å². The van der Waals surface area contributed by atoms with Crippen LogP contribution in [0.3, 0.4) is 0 Å². The van der Waals surface area contributed by atoms with Gasteiger partial charge in [-0.15, -0.1) is 11.3 Å². The van der Waals surface area contributed by atoms with Gasteiger partial charge in [0.15, 0.2) is 5.13 Å². The van der Waals surface area contributed by atoms with Crippen molar-refractivity contribution < 1.29 is 4.79 Å². The zero-order valence-corrected chi connectivity index (χ0v) is 11.0. The summed E-state index contributed by atoms with van der Waals surface area (Å²) in [6.07, 6.45) is 0. The Morgan fingerprint density at radius 1 is 1.39 bits per heavy atom. The van der Waals surface area contributed by atoms with E-state index in [0.29, 0.717) is 28.8 Å². The van der Waals surface area contributed by atoms with Crippen molar-refractivity contribution in [2.24, 2.45) is 0 Å². The highest BCUT2D eigenvalue weighted by Crippen LogP contribution is 2.31. The van der Waals surface area contributed by atoms with Crippen LogP contribution >= 0.6 is 22.9 Å². The molecule has 0 fully saturated rings. The largest absolute Gasteiger partial charge is 0.375 e. The molecule has 6 heteroatoms. The number of benzene rings is 1. The first-order valence-electron chi connectivity index (χ1n) is 5.43. The number of hydrogen-bond donors (Lipinski definition) is 1. The van der Waals surface area contributed by atoms with Crippen molar-refractivity contribution in [3.8, 4) is 0 Å². The Kier molecular flexibility index (Phi) is 2.72. The fourth-order valence-electron chi connectivity index (χ4n) is 2.01. The van der Waals surface area contributed by atoms with E-state index in [-0.39, 0.29) is 5.91 Å². The molecule has 1 aromatic heterocycles. The number of carbonyl (C=O) groups is 1. The summed E-state index contributed by atoms with van der Waals surface area (Å²) in [7, 11) is 0. The lowest BCUT2D eigenvalue weighted by Gasteiger charge is -2.16.